The van der Waals surface area contributed by atoms with Crippen LogP contribution in [-0.2, 0) is 14.3 Å². The van der Waals surface area contributed by atoms with Crippen molar-refractivity contribution in [2.45, 2.75) is 12.1 Å². The molecule has 0 bridgehead atoms. The first-order valence-corrected chi connectivity index (χ1v) is 10.1. The number of piperazine rings is 1. The van der Waals surface area contributed by atoms with E-state index in [0.717, 1.165) is 5.56 Å². The van der Waals surface area contributed by atoms with Gasteiger partial charge >= 0.3 is 0 Å². The van der Waals surface area contributed by atoms with Crippen LogP contribution in [0.3, 0.4) is 0 Å². The molecule has 2 aromatic rings. The normalized spacial score (nSPS) is 22.3. The third kappa shape index (κ3) is 3.93. The third-order valence-electron chi connectivity index (χ3n) is 5.55. The molecular weight excluding hydrogens is 410 g/mol. The number of hydrogen-bond acceptors (Lipinski definition) is 5. The van der Waals surface area contributed by atoms with Gasteiger partial charge in [0.25, 0.3) is 11.8 Å². The quantitative estimate of drug-likeness (QED) is 0.740. The van der Waals surface area contributed by atoms with Gasteiger partial charge in [-0.15, -0.1) is 0 Å². The molecule has 0 N–H and O–H groups in total. The van der Waals surface area contributed by atoms with Crippen LogP contribution in [0, 0.1) is 0 Å². The summed E-state index contributed by atoms with van der Waals surface area (Å²) in [7, 11) is 1.67. The van der Waals surface area contributed by atoms with Crippen molar-refractivity contribution in [1.82, 2.24) is 14.7 Å². The summed E-state index contributed by atoms with van der Waals surface area (Å²) in [6, 6.07) is 9.80. The molecule has 2 unspecified atom stereocenters. The lowest BCUT2D eigenvalue weighted by Gasteiger charge is -2.42. The Labute approximate surface area is 178 Å². The molecule has 3 amide bonds. The Bertz CT molecular complexity index is 923. The van der Waals surface area contributed by atoms with E-state index in [2.05, 4.69) is 0 Å². The monoisotopic (exact) mass is 431 g/mol. The van der Waals surface area contributed by atoms with Gasteiger partial charge in [0.15, 0.2) is 11.9 Å². The molecule has 0 aliphatic carbocycles. The smallest absolute Gasteiger partial charge is 0.289 e. The molecule has 2 aliphatic rings. The van der Waals surface area contributed by atoms with Crippen LogP contribution in [0.25, 0.3) is 0 Å². The van der Waals surface area contributed by atoms with E-state index in [1.165, 1.54) is 6.26 Å². The molecule has 1 aromatic carbocycles. The number of nitrogens with zero attached hydrogens (tertiary/aromatic N) is 3. The maximum Gasteiger partial charge on any atom is 0.289 e. The topological polar surface area (TPSA) is 83.3 Å². The van der Waals surface area contributed by atoms with E-state index in [-0.39, 0.29) is 30.1 Å². The van der Waals surface area contributed by atoms with E-state index in [0.29, 0.717) is 31.2 Å². The summed E-state index contributed by atoms with van der Waals surface area (Å²) in [5, 5.41) is 0.574. The van der Waals surface area contributed by atoms with E-state index in [9.17, 15) is 14.4 Å². The van der Waals surface area contributed by atoms with E-state index in [4.69, 9.17) is 20.8 Å². The molecule has 2 fully saturated rings. The highest BCUT2D eigenvalue weighted by molar-refractivity contribution is 6.30. The molecule has 158 valence electrons. The summed E-state index contributed by atoms with van der Waals surface area (Å²) >= 11 is 5.99. The molecule has 0 radical (unpaired) electrons. The second-order valence-corrected chi connectivity index (χ2v) is 7.76. The zero-order chi connectivity index (χ0) is 21.3. The molecule has 4 rings (SSSR count). The fraction of sp³-hybridized carbons (Fsp3) is 0.381. The zero-order valence-corrected chi connectivity index (χ0v) is 17.2. The molecule has 0 saturated carbocycles. The number of rotatable bonds is 3. The van der Waals surface area contributed by atoms with Crippen molar-refractivity contribution in [3.8, 4) is 0 Å². The minimum absolute atomic E-state index is 0.145. The minimum atomic E-state index is -0.818. The van der Waals surface area contributed by atoms with Crippen LogP contribution < -0.4 is 0 Å². The Morgan fingerprint density at radius 3 is 2.33 bits per heavy atom. The van der Waals surface area contributed by atoms with Gasteiger partial charge in [-0.3, -0.25) is 14.4 Å². The Kier molecular flexibility index (Phi) is 5.78. The first-order valence-electron chi connectivity index (χ1n) is 9.70. The highest BCUT2D eigenvalue weighted by Crippen LogP contribution is 2.31. The summed E-state index contributed by atoms with van der Waals surface area (Å²) < 4.78 is 10.9. The van der Waals surface area contributed by atoms with Crippen LogP contribution >= 0.6 is 11.6 Å². The molecular formula is C21H22ClN3O5. The van der Waals surface area contributed by atoms with Crippen molar-refractivity contribution >= 4 is 29.3 Å². The number of hydrogen-bond donors (Lipinski definition) is 0. The third-order valence-corrected chi connectivity index (χ3v) is 5.80. The van der Waals surface area contributed by atoms with Crippen LogP contribution in [0.1, 0.15) is 22.2 Å². The van der Waals surface area contributed by atoms with Crippen LogP contribution in [0.4, 0.5) is 0 Å². The fourth-order valence-electron chi connectivity index (χ4n) is 3.84. The first-order chi connectivity index (χ1) is 14.5. The van der Waals surface area contributed by atoms with Crippen LogP contribution in [0.2, 0.25) is 5.02 Å². The molecule has 2 atom stereocenters. The number of carbonyl (C=O) groups excluding carboxylic acids is 3. The van der Waals surface area contributed by atoms with Crippen LogP contribution in [0.5, 0.6) is 0 Å². The second kappa shape index (κ2) is 8.49. The summed E-state index contributed by atoms with van der Waals surface area (Å²) in [5.74, 6) is -0.286. The number of halogens is 1. The van der Waals surface area contributed by atoms with Gasteiger partial charge in [-0.25, -0.2) is 0 Å². The van der Waals surface area contributed by atoms with Gasteiger partial charge in [0, 0.05) is 38.2 Å². The number of likely N-dealkylation sites (N-methyl/N-ethyl adjacent to an activating group) is 1. The maximum atomic E-state index is 13.3. The number of morpholine rings is 1. The van der Waals surface area contributed by atoms with Crippen molar-refractivity contribution in [1.29, 1.82) is 0 Å². The fourth-order valence-corrected chi connectivity index (χ4v) is 3.97. The average molecular weight is 432 g/mol. The number of benzene rings is 1. The van der Waals surface area contributed by atoms with Gasteiger partial charge < -0.3 is 23.9 Å². The summed E-state index contributed by atoms with van der Waals surface area (Å²) in [6.45, 7) is 1.43. The second-order valence-electron chi connectivity index (χ2n) is 7.33. The lowest BCUT2D eigenvalue weighted by molar-refractivity contribution is -0.168. The largest absolute Gasteiger partial charge is 0.459 e. The highest BCUT2D eigenvalue weighted by atomic mass is 35.5. The van der Waals surface area contributed by atoms with Gasteiger partial charge in [0.2, 0.25) is 5.91 Å². The maximum absolute atomic E-state index is 13.3. The molecule has 0 spiro atoms. The molecule has 9 heteroatoms. The van der Waals surface area contributed by atoms with Crippen LogP contribution in [0.15, 0.2) is 47.1 Å². The summed E-state index contributed by atoms with van der Waals surface area (Å²) in [6.07, 6.45) is 0.642. The van der Waals surface area contributed by atoms with Gasteiger partial charge in [0.1, 0.15) is 6.61 Å². The molecule has 1 aromatic heterocycles. The van der Waals surface area contributed by atoms with E-state index >= 15 is 0 Å². The minimum Gasteiger partial charge on any atom is -0.459 e. The molecule has 2 aliphatic heterocycles. The Balaban J connectivity index is 1.47. The van der Waals surface area contributed by atoms with Crippen molar-refractivity contribution < 1.29 is 23.5 Å². The van der Waals surface area contributed by atoms with E-state index < -0.39 is 12.1 Å². The summed E-state index contributed by atoms with van der Waals surface area (Å²) in [5.41, 5.74) is 0.778. The van der Waals surface area contributed by atoms with Gasteiger partial charge in [-0.2, -0.15) is 0 Å². The molecule has 3 heterocycles. The lowest BCUT2D eigenvalue weighted by Crippen LogP contribution is -2.57. The number of amides is 3. The predicted octanol–water partition coefficient (Wildman–Crippen LogP) is 1.82. The Hall–Kier alpha value is -2.84. The number of furan rings is 1. The van der Waals surface area contributed by atoms with Gasteiger partial charge in [-0.1, -0.05) is 23.7 Å². The van der Waals surface area contributed by atoms with Crippen molar-refractivity contribution in [2.75, 3.05) is 39.8 Å². The van der Waals surface area contributed by atoms with Crippen molar-refractivity contribution in [2.24, 2.45) is 0 Å². The van der Waals surface area contributed by atoms with Crippen molar-refractivity contribution in [3.05, 3.63) is 59.0 Å². The van der Waals surface area contributed by atoms with E-state index in [1.54, 1.807) is 58.1 Å². The number of ether oxygens (including phenoxy) is 1. The standard InChI is InChI=1S/C21H22ClN3O5/c1-23-17(26)13-30-19(18(23)14-4-6-15(22)7-5-14)21(28)25-10-8-24(9-11-25)20(27)16-3-2-12-29-16/h2-7,12,18-19H,8-11,13H2,1H3. The Morgan fingerprint density at radius 2 is 1.70 bits per heavy atom. The number of carbonyl (C=O) groups is 3. The molecule has 8 nitrogen and oxygen atoms in total. The lowest BCUT2D eigenvalue weighted by atomic mass is 9.97. The Morgan fingerprint density at radius 1 is 1.03 bits per heavy atom. The van der Waals surface area contributed by atoms with E-state index in [1.807, 2.05) is 0 Å². The molecule has 30 heavy (non-hydrogen) atoms. The van der Waals surface area contributed by atoms with Gasteiger partial charge in [0.05, 0.1) is 12.3 Å². The van der Waals surface area contributed by atoms with Crippen LogP contribution in [-0.4, -0.2) is 78.4 Å². The van der Waals surface area contributed by atoms with Gasteiger partial charge in [-0.05, 0) is 29.8 Å². The van der Waals surface area contributed by atoms with Crippen molar-refractivity contribution in [3.63, 3.8) is 0 Å². The summed E-state index contributed by atoms with van der Waals surface area (Å²) in [4.78, 5) is 42.8. The predicted molar refractivity (Wildman–Crippen MR) is 108 cm³/mol. The zero-order valence-electron chi connectivity index (χ0n) is 16.5. The first kappa shape index (κ1) is 20.4. The molecule has 2 saturated heterocycles. The SMILES string of the molecule is CN1C(=O)COC(C(=O)N2CCN(C(=O)c3ccco3)CC2)C1c1ccc(Cl)cc1. The average Bonchev–Trinajstić information content (AvgIpc) is 3.30. The highest BCUT2D eigenvalue weighted by Gasteiger charge is 2.42.